The first-order valence-electron chi connectivity index (χ1n) is 6.38. The SMILES string of the molecule is CC(C)(C)OC(=O)C12CC3CCC(=O)C(C1)N32. The number of carbonyl (C=O) groups is 2. The van der Waals surface area contributed by atoms with Crippen LogP contribution in [0.2, 0.25) is 0 Å². The van der Waals surface area contributed by atoms with Crippen LogP contribution in [0.25, 0.3) is 0 Å². The molecule has 0 N–H and O–H groups in total. The van der Waals surface area contributed by atoms with Gasteiger partial charge in [-0.2, -0.15) is 0 Å². The number of rotatable bonds is 1. The van der Waals surface area contributed by atoms with E-state index in [1.54, 1.807) is 0 Å². The summed E-state index contributed by atoms with van der Waals surface area (Å²) in [5, 5.41) is 0. The fourth-order valence-electron chi connectivity index (χ4n) is 3.51. The predicted molar refractivity (Wildman–Crippen MR) is 61.5 cm³/mol. The maximum Gasteiger partial charge on any atom is 0.327 e. The normalized spacial score (nSPS) is 40.1. The number of ether oxygens (including phenoxy) is 1. The molecule has 0 bridgehead atoms. The molecule has 17 heavy (non-hydrogen) atoms. The smallest absolute Gasteiger partial charge is 0.327 e. The molecule has 0 aromatic carbocycles. The van der Waals surface area contributed by atoms with Crippen LogP contribution in [0.1, 0.15) is 46.5 Å². The largest absolute Gasteiger partial charge is 0.459 e. The zero-order valence-electron chi connectivity index (χ0n) is 10.7. The lowest BCUT2D eigenvalue weighted by Gasteiger charge is -2.69. The van der Waals surface area contributed by atoms with E-state index in [1.165, 1.54) is 0 Å². The summed E-state index contributed by atoms with van der Waals surface area (Å²) in [6.45, 7) is 5.65. The van der Waals surface area contributed by atoms with E-state index >= 15 is 0 Å². The molecule has 3 fully saturated rings. The minimum absolute atomic E-state index is 0.00928. The van der Waals surface area contributed by atoms with Crippen LogP contribution in [0.4, 0.5) is 0 Å². The molecule has 0 amide bonds. The molecule has 3 aliphatic heterocycles. The molecule has 3 atom stereocenters. The lowest BCUT2D eigenvalue weighted by atomic mass is 9.59. The molecule has 3 saturated heterocycles. The van der Waals surface area contributed by atoms with Gasteiger partial charge in [-0.1, -0.05) is 0 Å². The molecule has 4 heteroatoms. The highest BCUT2D eigenvalue weighted by Gasteiger charge is 2.71. The topological polar surface area (TPSA) is 46.6 Å². The Balaban J connectivity index is 1.74. The van der Waals surface area contributed by atoms with Gasteiger partial charge < -0.3 is 4.74 Å². The second kappa shape index (κ2) is 3.10. The summed E-state index contributed by atoms with van der Waals surface area (Å²) in [4.78, 5) is 26.0. The van der Waals surface area contributed by atoms with Crippen molar-refractivity contribution in [2.45, 2.75) is 69.7 Å². The highest BCUT2D eigenvalue weighted by Crippen LogP contribution is 2.56. The number of hydrogen-bond donors (Lipinski definition) is 0. The summed E-state index contributed by atoms with van der Waals surface area (Å²) in [5.41, 5.74) is -0.888. The predicted octanol–water partition coefficient (Wildman–Crippen LogP) is 1.28. The molecule has 0 aromatic rings. The summed E-state index contributed by atoms with van der Waals surface area (Å²) >= 11 is 0. The molecule has 0 aliphatic carbocycles. The van der Waals surface area contributed by atoms with Crippen LogP contribution in [0.3, 0.4) is 0 Å². The van der Waals surface area contributed by atoms with E-state index < -0.39 is 11.1 Å². The third kappa shape index (κ3) is 1.39. The summed E-state index contributed by atoms with van der Waals surface area (Å²) in [6, 6.07) is 0.453. The van der Waals surface area contributed by atoms with E-state index in [0.29, 0.717) is 24.7 Å². The average Bonchev–Trinajstić information content (AvgIpc) is 2.12. The Morgan fingerprint density at radius 3 is 2.76 bits per heavy atom. The van der Waals surface area contributed by atoms with E-state index in [-0.39, 0.29) is 12.0 Å². The highest BCUT2D eigenvalue weighted by molar-refractivity contribution is 5.94. The molecule has 3 aliphatic rings. The fourth-order valence-corrected chi connectivity index (χ4v) is 3.51. The number of hydrogen-bond acceptors (Lipinski definition) is 4. The highest BCUT2D eigenvalue weighted by atomic mass is 16.6. The first-order valence-corrected chi connectivity index (χ1v) is 6.38. The Kier molecular flexibility index (Phi) is 2.05. The van der Waals surface area contributed by atoms with Crippen molar-refractivity contribution < 1.29 is 14.3 Å². The number of Topliss-reactive ketones (excluding diaryl/α,β-unsaturated/α-hetero) is 1. The summed E-state index contributed by atoms with van der Waals surface area (Å²) < 4.78 is 5.47. The standard InChI is InChI=1S/C13H19NO3/c1-12(2,3)17-11(16)13-6-8-4-5-10(15)9(7-13)14(8)13/h8-9H,4-7H2,1-3H3. The number of esters is 1. The molecule has 0 spiro atoms. The molecule has 3 rings (SSSR count). The Labute approximate surface area is 101 Å². The van der Waals surface area contributed by atoms with Gasteiger partial charge in [0.05, 0.1) is 6.04 Å². The molecule has 4 nitrogen and oxygen atoms in total. The third-order valence-electron chi connectivity index (χ3n) is 4.20. The van der Waals surface area contributed by atoms with Crippen molar-refractivity contribution in [3.8, 4) is 0 Å². The Morgan fingerprint density at radius 2 is 2.12 bits per heavy atom. The van der Waals surface area contributed by atoms with Crippen molar-refractivity contribution >= 4 is 11.8 Å². The van der Waals surface area contributed by atoms with Crippen LogP contribution in [-0.4, -0.2) is 39.9 Å². The van der Waals surface area contributed by atoms with E-state index in [2.05, 4.69) is 4.90 Å². The van der Waals surface area contributed by atoms with E-state index in [1.807, 2.05) is 20.8 Å². The molecule has 0 aromatic heterocycles. The van der Waals surface area contributed by atoms with Gasteiger partial charge in [-0.25, -0.2) is 0 Å². The van der Waals surface area contributed by atoms with E-state index in [9.17, 15) is 9.59 Å². The van der Waals surface area contributed by atoms with Crippen molar-refractivity contribution in [1.82, 2.24) is 4.90 Å². The monoisotopic (exact) mass is 237 g/mol. The van der Waals surface area contributed by atoms with Gasteiger partial charge in [0.1, 0.15) is 16.9 Å². The van der Waals surface area contributed by atoms with Crippen LogP contribution >= 0.6 is 0 Å². The summed E-state index contributed by atoms with van der Waals surface area (Å²) in [7, 11) is 0. The van der Waals surface area contributed by atoms with Gasteiger partial charge in [0.2, 0.25) is 0 Å². The number of piperidine rings is 2. The van der Waals surface area contributed by atoms with E-state index in [0.717, 1.165) is 12.8 Å². The van der Waals surface area contributed by atoms with Gasteiger partial charge in [-0.05, 0) is 40.0 Å². The molecule has 3 heterocycles. The van der Waals surface area contributed by atoms with Crippen LogP contribution < -0.4 is 0 Å². The Hall–Kier alpha value is -0.900. The number of carbonyl (C=O) groups excluding carboxylic acids is 2. The minimum Gasteiger partial charge on any atom is -0.459 e. The zero-order chi connectivity index (χ0) is 12.4. The Morgan fingerprint density at radius 1 is 1.41 bits per heavy atom. The van der Waals surface area contributed by atoms with Crippen molar-refractivity contribution in [2.24, 2.45) is 0 Å². The molecule has 3 unspecified atom stereocenters. The zero-order valence-corrected chi connectivity index (χ0v) is 10.7. The number of nitrogens with zero attached hydrogens (tertiary/aromatic N) is 1. The maximum absolute atomic E-state index is 12.2. The Bertz CT molecular complexity index is 398. The second-order valence-corrected chi connectivity index (χ2v) is 6.52. The van der Waals surface area contributed by atoms with Crippen LogP contribution in [0.15, 0.2) is 0 Å². The first kappa shape index (κ1) is 11.2. The lowest BCUT2D eigenvalue weighted by molar-refractivity contribution is -0.235. The van der Waals surface area contributed by atoms with Gasteiger partial charge in [0.15, 0.2) is 0 Å². The summed E-state index contributed by atoms with van der Waals surface area (Å²) in [5.74, 6) is 0.173. The molecular formula is C13H19NO3. The third-order valence-corrected chi connectivity index (χ3v) is 4.20. The second-order valence-electron chi connectivity index (χ2n) is 6.52. The molecule has 0 radical (unpaired) electrons. The molecular weight excluding hydrogens is 218 g/mol. The lowest BCUT2D eigenvalue weighted by Crippen LogP contribution is -2.84. The van der Waals surface area contributed by atoms with Crippen LogP contribution in [-0.2, 0) is 14.3 Å². The molecule has 94 valence electrons. The first-order chi connectivity index (χ1) is 7.83. The van der Waals surface area contributed by atoms with Gasteiger partial charge in [-0.3, -0.25) is 14.5 Å². The summed E-state index contributed by atoms with van der Waals surface area (Å²) in [6.07, 6.45) is 3.17. The van der Waals surface area contributed by atoms with Gasteiger partial charge >= 0.3 is 5.97 Å². The molecule has 0 saturated carbocycles. The van der Waals surface area contributed by atoms with E-state index in [4.69, 9.17) is 4.74 Å². The minimum atomic E-state index is -0.446. The average molecular weight is 237 g/mol. The number of ketones is 1. The quantitative estimate of drug-likeness (QED) is 0.644. The van der Waals surface area contributed by atoms with Crippen LogP contribution in [0, 0.1) is 0 Å². The van der Waals surface area contributed by atoms with Crippen molar-refractivity contribution in [3.05, 3.63) is 0 Å². The van der Waals surface area contributed by atoms with Crippen LogP contribution in [0.5, 0.6) is 0 Å². The van der Waals surface area contributed by atoms with Gasteiger partial charge in [0.25, 0.3) is 0 Å². The van der Waals surface area contributed by atoms with Crippen molar-refractivity contribution in [3.63, 3.8) is 0 Å². The van der Waals surface area contributed by atoms with Gasteiger partial charge in [-0.15, -0.1) is 0 Å². The van der Waals surface area contributed by atoms with Gasteiger partial charge in [0, 0.05) is 12.5 Å². The fraction of sp³-hybridized carbons (Fsp3) is 0.846. The maximum atomic E-state index is 12.2. The van der Waals surface area contributed by atoms with Crippen molar-refractivity contribution in [2.75, 3.05) is 0 Å². The van der Waals surface area contributed by atoms with Crippen molar-refractivity contribution in [1.29, 1.82) is 0 Å².